The summed E-state index contributed by atoms with van der Waals surface area (Å²) < 4.78 is 11.2. The molecular weight excluding hydrogens is 336 g/mol. The summed E-state index contributed by atoms with van der Waals surface area (Å²) in [5, 5.41) is 3.04. The Balaban J connectivity index is 1.44. The van der Waals surface area contributed by atoms with Crippen molar-refractivity contribution in [3.05, 3.63) is 40.3 Å². The van der Waals surface area contributed by atoms with Gasteiger partial charge in [0.05, 0.1) is 18.1 Å². The van der Waals surface area contributed by atoms with Gasteiger partial charge in [0, 0.05) is 42.2 Å². The van der Waals surface area contributed by atoms with Crippen molar-refractivity contribution in [3.8, 4) is 16.2 Å². The number of thiophene rings is 1. The van der Waals surface area contributed by atoms with Crippen LogP contribution in [0, 0.1) is 6.92 Å². The van der Waals surface area contributed by atoms with Crippen LogP contribution in [0.3, 0.4) is 0 Å². The zero-order chi connectivity index (χ0) is 17.2. The third-order valence-corrected chi connectivity index (χ3v) is 5.89. The lowest BCUT2D eigenvalue weighted by atomic mass is 10.0. The van der Waals surface area contributed by atoms with Gasteiger partial charge in [0.15, 0.2) is 0 Å². The molecule has 1 amide bonds. The molecule has 1 aromatic heterocycles. The number of nitrogens with zero attached hydrogens (tertiary/aromatic N) is 1. The minimum atomic E-state index is 0.00259. The van der Waals surface area contributed by atoms with Gasteiger partial charge in [-0.15, -0.1) is 11.3 Å². The third kappa shape index (κ3) is 3.42. The smallest absolute Gasteiger partial charge is 0.261 e. The predicted molar refractivity (Wildman–Crippen MR) is 98.4 cm³/mol. The van der Waals surface area contributed by atoms with Crippen molar-refractivity contribution in [1.29, 1.82) is 0 Å². The maximum Gasteiger partial charge on any atom is 0.261 e. The van der Waals surface area contributed by atoms with Gasteiger partial charge in [0.2, 0.25) is 0 Å². The molecule has 4 rings (SSSR count). The number of fused-ring (bicyclic) bond motifs is 3. The summed E-state index contributed by atoms with van der Waals surface area (Å²) in [6.07, 6.45) is 0. The second kappa shape index (κ2) is 7.15. The van der Waals surface area contributed by atoms with E-state index < -0.39 is 0 Å². The van der Waals surface area contributed by atoms with Gasteiger partial charge >= 0.3 is 0 Å². The molecule has 2 aliphatic heterocycles. The van der Waals surface area contributed by atoms with E-state index in [1.807, 2.05) is 18.2 Å². The average molecular weight is 358 g/mol. The lowest BCUT2D eigenvalue weighted by Crippen LogP contribution is -2.41. The Hall–Kier alpha value is -1.89. The van der Waals surface area contributed by atoms with Crippen LogP contribution in [-0.4, -0.2) is 50.2 Å². The van der Waals surface area contributed by atoms with Gasteiger partial charge in [-0.25, -0.2) is 0 Å². The molecule has 1 N–H and O–H groups in total. The van der Waals surface area contributed by atoms with E-state index in [2.05, 4.69) is 23.2 Å². The Morgan fingerprint density at radius 2 is 2.16 bits per heavy atom. The average Bonchev–Trinajstić information content (AvgIpc) is 3.07. The molecule has 0 aliphatic carbocycles. The topological polar surface area (TPSA) is 50.8 Å². The van der Waals surface area contributed by atoms with Crippen molar-refractivity contribution in [2.75, 3.05) is 39.4 Å². The molecule has 0 saturated carbocycles. The number of amides is 1. The first-order valence-electron chi connectivity index (χ1n) is 8.66. The second-order valence-corrected chi connectivity index (χ2v) is 7.46. The van der Waals surface area contributed by atoms with Gasteiger partial charge in [-0.1, -0.05) is 12.1 Å². The molecule has 1 saturated heterocycles. The highest BCUT2D eigenvalue weighted by molar-refractivity contribution is 7.17. The van der Waals surface area contributed by atoms with E-state index in [4.69, 9.17) is 9.47 Å². The number of carbonyl (C=O) groups excluding carboxylic acids is 1. The predicted octanol–water partition coefficient (Wildman–Crippen LogP) is 2.68. The van der Waals surface area contributed by atoms with Crippen molar-refractivity contribution < 1.29 is 14.3 Å². The maximum absolute atomic E-state index is 12.5. The van der Waals surface area contributed by atoms with E-state index in [1.54, 1.807) is 11.3 Å². The van der Waals surface area contributed by atoms with E-state index in [0.29, 0.717) is 13.2 Å². The first-order chi connectivity index (χ1) is 12.2. The minimum Gasteiger partial charge on any atom is -0.488 e. The summed E-state index contributed by atoms with van der Waals surface area (Å²) in [6, 6.07) is 8.05. The van der Waals surface area contributed by atoms with Crippen molar-refractivity contribution in [2.24, 2.45) is 0 Å². The molecule has 6 heteroatoms. The first-order valence-corrected chi connectivity index (χ1v) is 9.48. The fraction of sp³-hybridized carbons (Fsp3) is 0.421. The van der Waals surface area contributed by atoms with E-state index in [1.165, 1.54) is 5.56 Å². The molecule has 3 heterocycles. The molecule has 0 radical (unpaired) electrons. The molecule has 2 aromatic rings. The highest BCUT2D eigenvalue weighted by Gasteiger charge is 2.24. The molecule has 5 nitrogen and oxygen atoms in total. The molecule has 1 fully saturated rings. The minimum absolute atomic E-state index is 0.00259. The van der Waals surface area contributed by atoms with Crippen molar-refractivity contribution >= 4 is 17.2 Å². The number of aryl methyl sites for hydroxylation is 1. The van der Waals surface area contributed by atoms with E-state index in [-0.39, 0.29) is 5.91 Å². The number of carbonyl (C=O) groups is 1. The summed E-state index contributed by atoms with van der Waals surface area (Å²) in [7, 11) is 0. The molecule has 2 aliphatic rings. The molecule has 1 aromatic carbocycles. The summed E-state index contributed by atoms with van der Waals surface area (Å²) in [5.41, 5.74) is 3.41. The summed E-state index contributed by atoms with van der Waals surface area (Å²) in [5.74, 6) is 0.913. The summed E-state index contributed by atoms with van der Waals surface area (Å²) in [6.45, 7) is 7.59. The van der Waals surface area contributed by atoms with Crippen LogP contribution < -0.4 is 10.1 Å². The van der Waals surface area contributed by atoms with Gasteiger partial charge in [0.1, 0.15) is 12.4 Å². The summed E-state index contributed by atoms with van der Waals surface area (Å²) >= 11 is 1.56. The Morgan fingerprint density at radius 1 is 1.32 bits per heavy atom. The van der Waals surface area contributed by atoms with Crippen molar-refractivity contribution in [3.63, 3.8) is 0 Å². The van der Waals surface area contributed by atoms with Crippen LogP contribution in [0.1, 0.15) is 20.8 Å². The Morgan fingerprint density at radius 3 is 3.00 bits per heavy atom. The van der Waals surface area contributed by atoms with Crippen LogP contribution in [-0.2, 0) is 11.3 Å². The lowest BCUT2D eigenvalue weighted by molar-refractivity contribution is 0.0383. The summed E-state index contributed by atoms with van der Waals surface area (Å²) in [4.78, 5) is 16.8. The van der Waals surface area contributed by atoms with Gasteiger partial charge in [0.25, 0.3) is 5.91 Å². The molecule has 25 heavy (non-hydrogen) atoms. The van der Waals surface area contributed by atoms with Gasteiger partial charge < -0.3 is 14.8 Å². The van der Waals surface area contributed by atoms with Gasteiger partial charge in [-0.05, 0) is 24.6 Å². The van der Waals surface area contributed by atoms with Gasteiger partial charge in [-0.2, -0.15) is 0 Å². The van der Waals surface area contributed by atoms with Crippen LogP contribution in [0.25, 0.3) is 10.4 Å². The number of nitrogens with one attached hydrogen (secondary N) is 1. The highest BCUT2D eigenvalue weighted by Crippen LogP contribution is 2.44. The van der Waals surface area contributed by atoms with E-state index >= 15 is 0 Å². The zero-order valence-corrected chi connectivity index (χ0v) is 15.2. The van der Waals surface area contributed by atoms with Crippen LogP contribution in [0.5, 0.6) is 5.75 Å². The largest absolute Gasteiger partial charge is 0.488 e. The monoisotopic (exact) mass is 358 g/mol. The van der Waals surface area contributed by atoms with Crippen LogP contribution in [0.4, 0.5) is 0 Å². The maximum atomic E-state index is 12.5. The van der Waals surface area contributed by atoms with E-state index in [0.717, 1.165) is 59.5 Å². The normalized spacial score (nSPS) is 16.7. The fourth-order valence-electron chi connectivity index (χ4n) is 3.31. The molecule has 0 bridgehead atoms. The molecular formula is C19H22N2O3S. The number of ether oxygens (including phenoxy) is 2. The Bertz CT molecular complexity index is 781. The highest BCUT2D eigenvalue weighted by atomic mass is 32.1. The lowest BCUT2D eigenvalue weighted by Gasteiger charge is -2.26. The first kappa shape index (κ1) is 16.6. The number of hydrogen-bond donors (Lipinski definition) is 1. The Kier molecular flexibility index (Phi) is 4.74. The quantitative estimate of drug-likeness (QED) is 0.913. The van der Waals surface area contributed by atoms with Crippen LogP contribution in [0.2, 0.25) is 0 Å². The van der Waals surface area contributed by atoms with Crippen molar-refractivity contribution in [2.45, 2.75) is 13.5 Å². The van der Waals surface area contributed by atoms with Crippen molar-refractivity contribution in [1.82, 2.24) is 10.2 Å². The fourth-order valence-corrected chi connectivity index (χ4v) is 4.51. The standard InChI is InChI=1S/C19H22N2O3S/c1-13-3-2-4-15-17(13)18-14(12-24-15)11-16(25-18)19(22)20-5-6-21-7-9-23-10-8-21/h2-4,11H,5-10,12H2,1H3,(H,20,22). The molecule has 0 unspecified atom stereocenters. The number of morpholine rings is 1. The van der Waals surface area contributed by atoms with E-state index in [9.17, 15) is 4.79 Å². The molecule has 0 spiro atoms. The second-order valence-electron chi connectivity index (χ2n) is 6.41. The number of rotatable bonds is 4. The zero-order valence-electron chi connectivity index (χ0n) is 14.3. The number of hydrogen-bond acceptors (Lipinski definition) is 5. The van der Waals surface area contributed by atoms with Gasteiger partial charge in [-0.3, -0.25) is 9.69 Å². The number of benzene rings is 1. The third-order valence-electron chi connectivity index (χ3n) is 4.69. The molecule has 0 atom stereocenters. The molecule has 132 valence electrons. The SMILES string of the molecule is Cc1cccc2c1-c1sc(C(=O)NCCN3CCOCC3)cc1CO2. The van der Waals surface area contributed by atoms with Crippen LogP contribution >= 0.6 is 11.3 Å². The Labute approximate surface area is 151 Å². The van der Waals surface area contributed by atoms with Crippen LogP contribution in [0.15, 0.2) is 24.3 Å².